The van der Waals surface area contributed by atoms with Crippen LogP contribution in [0, 0.1) is 0 Å². The molecule has 0 bridgehead atoms. The Morgan fingerprint density at radius 3 is 2.76 bits per heavy atom. The highest BCUT2D eigenvalue weighted by Gasteiger charge is 2.19. The fourth-order valence-electron chi connectivity index (χ4n) is 3.42. The second kappa shape index (κ2) is 7.25. The lowest BCUT2D eigenvalue weighted by Crippen LogP contribution is -2.33. The van der Waals surface area contributed by atoms with Crippen molar-refractivity contribution in [1.82, 2.24) is 19.4 Å². The molecule has 1 aliphatic heterocycles. The number of nitrogens with zero attached hydrogens (tertiary/aromatic N) is 4. The maximum absolute atomic E-state index is 5.42. The molecular formula is C20H24N4O. The zero-order valence-electron chi connectivity index (χ0n) is 14.6. The number of benzene rings is 1. The SMILES string of the molecule is CN(Cc1cn2c(n1)CN(Cc1ccccc1)CC2)Cc1ccco1. The summed E-state index contributed by atoms with van der Waals surface area (Å²) in [6.45, 7) is 5.62. The second-order valence-electron chi connectivity index (χ2n) is 6.79. The van der Waals surface area contributed by atoms with Gasteiger partial charge in [-0.05, 0) is 24.7 Å². The van der Waals surface area contributed by atoms with Gasteiger partial charge in [-0.3, -0.25) is 9.80 Å². The lowest BCUT2D eigenvalue weighted by molar-refractivity contribution is 0.209. The molecular weight excluding hydrogens is 312 g/mol. The van der Waals surface area contributed by atoms with Crippen molar-refractivity contribution in [3.63, 3.8) is 0 Å². The van der Waals surface area contributed by atoms with E-state index in [1.54, 1.807) is 6.26 Å². The normalized spacial score (nSPS) is 14.8. The van der Waals surface area contributed by atoms with Gasteiger partial charge in [-0.2, -0.15) is 0 Å². The summed E-state index contributed by atoms with van der Waals surface area (Å²) in [5.41, 5.74) is 2.49. The minimum absolute atomic E-state index is 0.801. The van der Waals surface area contributed by atoms with Crippen molar-refractivity contribution in [2.24, 2.45) is 0 Å². The summed E-state index contributed by atoms with van der Waals surface area (Å²) in [6.07, 6.45) is 3.92. The molecule has 5 nitrogen and oxygen atoms in total. The summed E-state index contributed by atoms with van der Waals surface area (Å²) in [6, 6.07) is 14.6. The van der Waals surface area contributed by atoms with Gasteiger partial charge in [0.2, 0.25) is 0 Å². The fraction of sp³-hybridized carbons (Fsp3) is 0.350. The van der Waals surface area contributed by atoms with Crippen LogP contribution in [-0.2, 0) is 32.7 Å². The number of hydrogen-bond donors (Lipinski definition) is 0. The van der Waals surface area contributed by atoms with Crippen molar-refractivity contribution in [2.75, 3.05) is 13.6 Å². The van der Waals surface area contributed by atoms with Crippen LogP contribution in [0.15, 0.2) is 59.3 Å². The quantitative estimate of drug-likeness (QED) is 0.693. The molecule has 0 unspecified atom stereocenters. The predicted molar refractivity (Wildman–Crippen MR) is 96.7 cm³/mol. The maximum atomic E-state index is 5.42. The number of imidazole rings is 1. The van der Waals surface area contributed by atoms with Crippen LogP contribution in [0.4, 0.5) is 0 Å². The highest BCUT2D eigenvalue weighted by Crippen LogP contribution is 2.17. The van der Waals surface area contributed by atoms with Gasteiger partial charge in [-0.15, -0.1) is 0 Å². The van der Waals surface area contributed by atoms with E-state index in [4.69, 9.17) is 9.40 Å². The Hall–Kier alpha value is -2.37. The summed E-state index contributed by atoms with van der Waals surface area (Å²) in [4.78, 5) is 9.56. The molecule has 130 valence electrons. The lowest BCUT2D eigenvalue weighted by Gasteiger charge is -2.27. The molecule has 1 aliphatic rings. The molecule has 25 heavy (non-hydrogen) atoms. The van der Waals surface area contributed by atoms with Crippen LogP contribution in [0.2, 0.25) is 0 Å². The van der Waals surface area contributed by atoms with E-state index in [-0.39, 0.29) is 0 Å². The van der Waals surface area contributed by atoms with E-state index in [9.17, 15) is 0 Å². The summed E-state index contributed by atoms with van der Waals surface area (Å²) in [5, 5.41) is 0. The van der Waals surface area contributed by atoms with Crippen LogP contribution in [0.1, 0.15) is 22.8 Å². The Labute approximate surface area is 148 Å². The third-order valence-corrected chi connectivity index (χ3v) is 4.62. The average molecular weight is 336 g/mol. The Morgan fingerprint density at radius 1 is 1.08 bits per heavy atom. The van der Waals surface area contributed by atoms with E-state index in [1.807, 2.05) is 12.1 Å². The molecule has 4 rings (SSSR count). The number of aromatic nitrogens is 2. The Morgan fingerprint density at radius 2 is 1.96 bits per heavy atom. The molecule has 0 radical (unpaired) electrons. The van der Waals surface area contributed by atoms with Gasteiger partial charge >= 0.3 is 0 Å². The van der Waals surface area contributed by atoms with Crippen molar-refractivity contribution >= 4 is 0 Å². The standard InChI is InChI=1S/C20H24N4O/c1-22(15-19-8-5-11-25-19)13-18-14-24-10-9-23(16-20(24)21-18)12-17-6-3-2-4-7-17/h2-8,11,14H,9-10,12-13,15-16H2,1H3. The van der Waals surface area contributed by atoms with Crippen molar-refractivity contribution in [3.8, 4) is 0 Å². The summed E-state index contributed by atoms with van der Waals surface area (Å²) in [7, 11) is 2.10. The van der Waals surface area contributed by atoms with Crippen molar-refractivity contribution in [3.05, 3.63) is 77.8 Å². The molecule has 3 heterocycles. The first-order valence-electron chi connectivity index (χ1n) is 8.78. The minimum Gasteiger partial charge on any atom is -0.468 e. The first-order valence-corrected chi connectivity index (χ1v) is 8.78. The van der Waals surface area contributed by atoms with Crippen molar-refractivity contribution < 1.29 is 4.42 Å². The fourth-order valence-corrected chi connectivity index (χ4v) is 3.42. The van der Waals surface area contributed by atoms with Crippen LogP contribution in [0.5, 0.6) is 0 Å². The van der Waals surface area contributed by atoms with Gasteiger partial charge in [0.15, 0.2) is 0 Å². The second-order valence-corrected chi connectivity index (χ2v) is 6.79. The number of rotatable bonds is 6. The molecule has 2 aromatic heterocycles. The molecule has 1 aromatic carbocycles. The molecule has 0 saturated carbocycles. The molecule has 5 heteroatoms. The van der Waals surface area contributed by atoms with Gasteiger partial charge in [0.05, 0.1) is 25.0 Å². The van der Waals surface area contributed by atoms with E-state index in [0.29, 0.717) is 0 Å². The van der Waals surface area contributed by atoms with Crippen LogP contribution in [0.25, 0.3) is 0 Å². The van der Waals surface area contributed by atoms with E-state index in [1.165, 1.54) is 11.4 Å². The Balaban J connectivity index is 1.37. The zero-order chi connectivity index (χ0) is 17.1. The highest BCUT2D eigenvalue weighted by atomic mass is 16.3. The molecule has 0 N–H and O–H groups in total. The maximum Gasteiger partial charge on any atom is 0.123 e. The van der Waals surface area contributed by atoms with Crippen LogP contribution in [0.3, 0.4) is 0 Å². The summed E-state index contributed by atoms with van der Waals surface area (Å²) < 4.78 is 7.72. The largest absolute Gasteiger partial charge is 0.468 e. The first-order chi connectivity index (χ1) is 12.3. The molecule has 0 atom stereocenters. The number of fused-ring (bicyclic) bond motifs is 1. The van der Waals surface area contributed by atoms with Crippen LogP contribution >= 0.6 is 0 Å². The smallest absolute Gasteiger partial charge is 0.123 e. The van der Waals surface area contributed by atoms with Gasteiger partial charge in [0.25, 0.3) is 0 Å². The monoisotopic (exact) mass is 336 g/mol. The predicted octanol–water partition coefficient (Wildman–Crippen LogP) is 3.12. The van der Waals surface area contributed by atoms with E-state index < -0.39 is 0 Å². The van der Waals surface area contributed by atoms with Crippen LogP contribution in [-0.4, -0.2) is 32.9 Å². The summed E-state index contributed by atoms with van der Waals surface area (Å²) >= 11 is 0. The summed E-state index contributed by atoms with van der Waals surface area (Å²) in [5.74, 6) is 2.16. The number of furan rings is 1. The molecule has 0 spiro atoms. The lowest BCUT2D eigenvalue weighted by atomic mass is 10.2. The van der Waals surface area contributed by atoms with E-state index in [2.05, 4.69) is 57.9 Å². The van der Waals surface area contributed by atoms with Gasteiger partial charge in [-0.1, -0.05) is 30.3 Å². The van der Waals surface area contributed by atoms with Gasteiger partial charge in [-0.25, -0.2) is 4.98 Å². The number of hydrogen-bond acceptors (Lipinski definition) is 4. The molecule has 0 aliphatic carbocycles. The third-order valence-electron chi connectivity index (χ3n) is 4.62. The average Bonchev–Trinajstić information content (AvgIpc) is 3.24. The van der Waals surface area contributed by atoms with Gasteiger partial charge < -0.3 is 8.98 Å². The van der Waals surface area contributed by atoms with Gasteiger partial charge in [0, 0.05) is 32.4 Å². The van der Waals surface area contributed by atoms with Crippen LogP contribution < -0.4 is 0 Å². The minimum atomic E-state index is 0.801. The zero-order valence-corrected chi connectivity index (χ0v) is 14.6. The van der Waals surface area contributed by atoms with Crippen molar-refractivity contribution in [1.29, 1.82) is 0 Å². The topological polar surface area (TPSA) is 37.4 Å². The third kappa shape index (κ3) is 4.00. The molecule has 0 amide bonds. The van der Waals surface area contributed by atoms with E-state index >= 15 is 0 Å². The molecule has 0 fully saturated rings. The molecule has 0 saturated heterocycles. The first kappa shape index (κ1) is 16.1. The van der Waals surface area contributed by atoms with E-state index in [0.717, 1.165) is 50.7 Å². The van der Waals surface area contributed by atoms with Crippen molar-refractivity contribution in [2.45, 2.75) is 32.7 Å². The molecule has 3 aromatic rings. The Kier molecular flexibility index (Phi) is 4.68. The highest BCUT2D eigenvalue weighted by molar-refractivity contribution is 5.15. The Bertz CT molecular complexity index is 794. The van der Waals surface area contributed by atoms with Gasteiger partial charge in [0.1, 0.15) is 11.6 Å².